The molecule has 13 heteroatoms. The van der Waals surface area contributed by atoms with Crippen LogP contribution in [0.25, 0.3) is 0 Å². The lowest BCUT2D eigenvalue weighted by molar-refractivity contribution is -0.378. The van der Waals surface area contributed by atoms with E-state index in [0.29, 0.717) is 18.8 Å². The zero-order valence-electron chi connectivity index (χ0n) is 34.3. The van der Waals surface area contributed by atoms with Crippen LogP contribution in [0.4, 0.5) is 0 Å². The van der Waals surface area contributed by atoms with Crippen molar-refractivity contribution in [3.05, 3.63) is 11.6 Å². The summed E-state index contributed by atoms with van der Waals surface area (Å²) in [6.45, 7) is 16.4. The first-order valence-corrected chi connectivity index (χ1v) is 20.9. The first-order valence-electron chi connectivity index (χ1n) is 20.9. The highest BCUT2D eigenvalue weighted by Gasteiger charge is 2.70. The Balaban J connectivity index is 1.22. The van der Waals surface area contributed by atoms with E-state index in [2.05, 4.69) is 47.6 Å². The fraction of sp³-hybridized carbons (Fsp3) is 0.952. The van der Waals surface area contributed by atoms with Gasteiger partial charge in [-0.3, -0.25) is 0 Å². The predicted octanol–water partition coefficient (Wildman–Crippen LogP) is 2.15. The summed E-state index contributed by atoms with van der Waals surface area (Å²) in [5.41, 5.74) is 0.0670. The van der Waals surface area contributed by atoms with Gasteiger partial charge in [0.05, 0.1) is 31.0 Å². The molecule has 4 saturated carbocycles. The molecule has 0 aromatic heterocycles. The second kappa shape index (κ2) is 15.7. The van der Waals surface area contributed by atoms with Crippen molar-refractivity contribution in [2.24, 2.45) is 45.3 Å². The highest BCUT2D eigenvalue weighted by molar-refractivity contribution is 5.22. The first-order chi connectivity index (χ1) is 25.6. The standard InChI is InChI=1S/C42H72O13/c1-21(10-9-14-38(2,3)51)22-11-16-42(8)29(22)23(45)18-27-40(6)15-13-28(39(4,5)26(40)12-17-41(27,42)7)54-37-35(33(49)31(47)25(20-44)53-37)55-36-34(50)32(48)30(46)24(19-43)52-36/h10,22-37,43-51H,9,11-20H2,1-8H3/b21-10+/t22?,23-,24-,25-,26?,27?,28+,29?,30-,31-,32+,33+,34-,35-,36+,37+,40+,41-,42-/m1/s1. The van der Waals surface area contributed by atoms with Gasteiger partial charge in [0.2, 0.25) is 0 Å². The number of rotatable bonds is 10. The fourth-order valence-electron chi connectivity index (χ4n) is 13.1. The van der Waals surface area contributed by atoms with Gasteiger partial charge in [0.1, 0.15) is 48.8 Å². The Morgan fingerprint density at radius 2 is 1.33 bits per heavy atom. The van der Waals surface area contributed by atoms with Crippen LogP contribution in [0.3, 0.4) is 0 Å². The topological polar surface area (TPSA) is 219 Å². The van der Waals surface area contributed by atoms with Crippen LogP contribution >= 0.6 is 0 Å². The lowest BCUT2D eigenvalue weighted by atomic mass is 9.35. The molecule has 0 amide bonds. The third-order valence-electron chi connectivity index (χ3n) is 16.4. The largest absolute Gasteiger partial charge is 0.394 e. The van der Waals surface area contributed by atoms with E-state index in [1.165, 1.54) is 5.57 Å². The van der Waals surface area contributed by atoms with Gasteiger partial charge < -0.3 is 64.9 Å². The van der Waals surface area contributed by atoms with Gasteiger partial charge in [-0.25, -0.2) is 0 Å². The monoisotopic (exact) mass is 784 g/mol. The Kier molecular flexibility index (Phi) is 12.5. The van der Waals surface area contributed by atoms with Crippen molar-refractivity contribution in [2.75, 3.05) is 13.2 Å². The van der Waals surface area contributed by atoms with E-state index in [0.717, 1.165) is 44.9 Å². The number of hydrogen-bond acceptors (Lipinski definition) is 13. The first kappa shape index (κ1) is 43.8. The molecule has 2 aliphatic heterocycles. The Bertz CT molecular complexity index is 1370. The van der Waals surface area contributed by atoms with Gasteiger partial charge >= 0.3 is 0 Å². The average molecular weight is 785 g/mol. The maximum atomic E-state index is 12.2. The van der Waals surface area contributed by atoms with Crippen LogP contribution in [0.2, 0.25) is 0 Å². The van der Waals surface area contributed by atoms with Crippen LogP contribution in [-0.4, -0.2) is 138 Å². The maximum Gasteiger partial charge on any atom is 0.187 e. The second-order valence-electron chi connectivity index (χ2n) is 20.2. The van der Waals surface area contributed by atoms with Crippen LogP contribution in [-0.2, 0) is 18.9 Å². The highest BCUT2D eigenvalue weighted by Crippen LogP contribution is 2.75. The van der Waals surface area contributed by atoms with E-state index in [-0.39, 0.29) is 34.0 Å². The Morgan fingerprint density at radius 1 is 0.727 bits per heavy atom. The minimum absolute atomic E-state index is 0.0133. The number of allylic oxidation sites excluding steroid dienone is 2. The molecular weight excluding hydrogens is 712 g/mol. The smallest absolute Gasteiger partial charge is 0.187 e. The molecule has 13 nitrogen and oxygen atoms in total. The van der Waals surface area contributed by atoms with Crippen LogP contribution < -0.4 is 0 Å². The third-order valence-corrected chi connectivity index (χ3v) is 16.4. The van der Waals surface area contributed by atoms with E-state index in [1.807, 2.05) is 13.8 Å². The molecule has 4 aliphatic carbocycles. The van der Waals surface area contributed by atoms with Crippen molar-refractivity contribution in [2.45, 2.75) is 192 Å². The highest BCUT2D eigenvalue weighted by atomic mass is 16.8. The van der Waals surface area contributed by atoms with Crippen molar-refractivity contribution < 1.29 is 64.9 Å². The molecule has 6 aliphatic rings. The molecule has 6 fully saturated rings. The molecule has 0 bridgehead atoms. The summed E-state index contributed by atoms with van der Waals surface area (Å²) in [7, 11) is 0. The number of hydrogen-bond donors (Lipinski definition) is 9. The van der Waals surface area contributed by atoms with E-state index >= 15 is 0 Å². The lowest BCUT2D eigenvalue weighted by Gasteiger charge is -2.70. The summed E-state index contributed by atoms with van der Waals surface area (Å²) in [5.74, 6) is 0.973. The molecule has 0 aromatic carbocycles. The fourth-order valence-corrected chi connectivity index (χ4v) is 13.1. The van der Waals surface area contributed by atoms with E-state index in [1.54, 1.807) is 0 Å². The Morgan fingerprint density at radius 3 is 1.95 bits per heavy atom. The summed E-state index contributed by atoms with van der Waals surface area (Å²) in [6, 6.07) is 0. The number of aliphatic hydroxyl groups excluding tert-OH is 8. The molecule has 19 atom stereocenters. The van der Waals surface area contributed by atoms with Gasteiger partial charge in [0.25, 0.3) is 0 Å². The SMILES string of the molecule is C/C(=C\CCC(C)(C)O)C1CC[C@]2(C)C1[C@H](O)CC1[C@@]3(C)CC[C@H](O[C@@H]4O[C@H](CO)[C@@H](O)[C@H](O)[C@H]4O[C@@H]4O[C@H](CO)[C@@H](O)[C@H](O)[C@H]4O)C(C)(C)C3CC[C@]12C. The molecule has 55 heavy (non-hydrogen) atoms. The summed E-state index contributed by atoms with van der Waals surface area (Å²) >= 11 is 0. The van der Waals surface area contributed by atoms with Gasteiger partial charge in [-0.2, -0.15) is 0 Å². The van der Waals surface area contributed by atoms with Crippen molar-refractivity contribution in [1.82, 2.24) is 0 Å². The van der Waals surface area contributed by atoms with Crippen molar-refractivity contribution in [1.29, 1.82) is 0 Å². The molecule has 318 valence electrons. The molecule has 0 spiro atoms. The van der Waals surface area contributed by atoms with Crippen molar-refractivity contribution in [3.8, 4) is 0 Å². The Labute approximate surface area is 327 Å². The zero-order chi connectivity index (χ0) is 40.6. The quantitative estimate of drug-likeness (QED) is 0.115. The van der Waals surface area contributed by atoms with Crippen molar-refractivity contribution in [3.63, 3.8) is 0 Å². The molecular formula is C42H72O13. The van der Waals surface area contributed by atoms with Gasteiger partial charge in [0.15, 0.2) is 12.6 Å². The van der Waals surface area contributed by atoms with Gasteiger partial charge in [-0.15, -0.1) is 0 Å². The minimum Gasteiger partial charge on any atom is -0.394 e. The summed E-state index contributed by atoms with van der Waals surface area (Å²) in [4.78, 5) is 0. The molecule has 0 radical (unpaired) electrons. The van der Waals surface area contributed by atoms with Crippen molar-refractivity contribution >= 4 is 0 Å². The normalized spacial score (nSPS) is 51.6. The molecule has 2 saturated heterocycles. The number of fused-ring (bicyclic) bond motifs is 5. The molecule has 0 aromatic rings. The molecule has 6 rings (SSSR count). The van der Waals surface area contributed by atoms with E-state index < -0.39 is 97.8 Å². The lowest BCUT2D eigenvalue weighted by Crippen LogP contribution is -2.67. The number of aliphatic hydroxyl groups is 9. The van der Waals surface area contributed by atoms with Crippen LogP contribution in [0, 0.1) is 45.3 Å². The molecule has 2 heterocycles. The van der Waals surface area contributed by atoms with Gasteiger partial charge in [-0.05, 0) is 124 Å². The van der Waals surface area contributed by atoms with Gasteiger partial charge in [-0.1, -0.05) is 46.3 Å². The molecule has 9 N–H and O–H groups in total. The summed E-state index contributed by atoms with van der Waals surface area (Å²) in [6.07, 6.45) is -5.75. The minimum atomic E-state index is -1.75. The Hall–Kier alpha value is -0.780. The van der Waals surface area contributed by atoms with Crippen LogP contribution in [0.15, 0.2) is 11.6 Å². The zero-order valence-corrected chi connectivity index (χ0v) is 34.3. The number of ether oxygens (including phenoxy) is 4. The van der Waals surface area contributed by atoms with Crippen LogP contribution in [0.5, 0.6) is 0 Å². The van der Waals surface area contributed by atoms with E-state index in [9.17, 15) is 46.0 Å². The second-order valence-corrected chi connectivity index (χ2v) is 20.2. The maximum absolute atomic E-state index is 12.2. The van der Waals surface area contributed by atoms with Crippen LogP contribution in [0.1, 0.15) is 113 Å². The third kappa shape index (κ3) is 7.42. The average Bonchev–Trinajstić information content (AvgIpc) is 3.49. The summed E-state index contributed by atoms with van der Waals surface area (Å²) < 4.78 is 24.4. The van der Waals surface area contributed by atoms with E-state index in [4.69, 9.17) is 18.9 Å². The molecule has 4 unspecified atom stereocenters. The summed E-state index contributed by atoms with van der Waals surface area (Å²) in [5, 5.41) is 95.7. The predicted molar refractivity (Wildman–Crippen MR) is 201 cm³/mol. The van der Waals surface area contributed by atoms with Gasteiger partial charge in [0, 0.05) is 0 Å².